The molecule has 2 rings (SSSR count). The van der Waals surface area contributed by atoms with E-state index in [1.165, 1.54) is 77.0 Å². The van der Waals surface area contributed by atoms with Gasteiger partial charge in [0.25, 0.3) is 0 Å². The number of hydrogen-bond acceptors (Lipinski definition) is 1. The largest absolute Gasteiger partial charge is 0.481 e. The Hall–Kier alpha value is -0.530. The lowest BCUT2D eigenvalue weighted by Crippen LogP contribution is -2.26. The summed E-state index contributed by atoms with van der Waals surface area (Å²) < 4.78 is 0. The van der Waals surface area contributed by atoms with Crippen LogP contribution < -0.4 is 0 Å². The summed E-state index contributed by atoms with van der Waals surface area (Å²) in [5, 5.41) is 8.74. The maximum Gasteiger partial charge on any atom is 0.303 e. The first kappa shape index (κ1) is 18.8. The van der Waals surface area contributed by atoms with Crippen LogP contribution in [0.4, 0.5) is 0 Å². The molecule has 0 spiro atoms. The van der Waals surface area contributed by atoms with Crippen molar-refractivity contribution in [1.29, 1.82) is 0 Å². The summed E-state index contributed by atoms with van der Waals surface area (Å²) in [6.45, 7) is 2.30. The Balaban J connectivity index is 1.58. The van der Waals surface area contributed by atoms with Gasteiger partial charge in [0.2, 0.25) is 0 Å². The molecule has 0 aromatic heterocycles. The molecule has 2 nitrogen and oxygen atoms in total. The predicted molar refractivity (Wildman–Crippen MR) is 96.5 cm³/mol. The monoisotopic (exact) mass is 322 g/mol. The van der Waals surface area contributed by atoms with E-state index in [0.29, 0.717) is 6.42 Å². The summed E-state index contributed by atoms with van der Waals surface area (Å²) >= 11 is 0. The average Bonchev–Trinajstić information content (AvgIpc) is 2.56. The van der Waals surface area contributed by atoms with Gasteiger partial charge < -0.3 is 5.11 Å². The van der Waals surface area contributed by atoms with Gasteiger partial charge in [0.15, 0.2) is 0 Å². The third-order valence-corrected chi connectivity index (χ3v) is 6.67. The second-order valence-corrected chi connectivity index (χ2v) is 8.34. The van der Waals surface area contributed by atoms with Crippen molar-refractivity contribution in [3.05, 3.63) is 0 Å². The van der Waals surface area contributed by atoms with E-state index in [9.17, 15) is 4.79 Å². The Morgan fingerprint density at radius 1 is 0.783 bits per heavy atom. The van der Waals surface area contributed by atoms with Crippen LogP contribution in [-0.4, -0.2) is 11.1 Å². The highest BCUT2D eigenvalue weighted by Gasteiger charge is 2.30. The molecule has 2 aliphatic rings. The maximum atomic E-state index is 10.6. The highest BCUT2D eigenvalue weighted by Crippen LogP contribution is 2.43. The van der Waals surface area contributed by atoms with Gasteiger partial charge in [-0.05, 0) is 62.2 Å². The third kappa shape index (κ3) is 6.85. The van der Waals surface area contributed by atoms with Crippen LogP contribution in [0.15, 0.2) is 0 Å². The van der Waals surface area contributed by atoms with Crippen LogP contribution in [-0.2, 0) is 4.79 Å². The molecule has 0 amide bonds. The molecule has 2 aliphatic carbocycles. The molecule has 23 heavy (non-hydrogen) atoms. The molecule has 2 heteroatoms. The van der Waals surface area contributed by atoms with Gasteiger partial charge in [0, 0.05) is 6.42 Å². The molecule has 2 saturated carbocycles. The van der Waals surface area contributed by atoms with E-state index in [4.69, 9.17) is 5.11 Å². The Bertz CT molecular complexity index is 323. The Morgan fingerprint density at radius 2 is 1.26 bits per heavy atom. The number of carboxylic acids is 1. The molecule has 0 radical (unpaired) electrons. The number of carboxylic acid groups (broad SMARTS) is 1. The molecule has 0 unspecified atom stereocenters. The minimum Gasteiger partial charge on any atom is -0.481 e. The van der Waals surface area contributed by atoms with Crippen molar-refractivity contribution in [2.75, 3.05) is 0 Å². The summed E-state index contributed by atoms with van der Waals surface area (Å²) in [4.78, 5) is 10.6. The van der Waals surface area contributed by atoms with Crippen molar-refractivity contribution in [2.24, 2.45) is 23.7 Å². The lowest BCUT2D eigenvalue weighted by molar-refractivity contribution is -0.137. The van der Waals surface area contributed by atoms with Crippen molar-refractivity contribution in [3.8, 4) is 0 Å². The van der Waals surface area contributed by atoms with E-state index in [-0.39, 0.29) is 0 Å². The van der Waals surface area contributed by atoms with Crippen LogP contribution >= 0.6 is 0 Å². The van der Waals surface area contributed by atoms with Crippen molar-refractivity contribution >= 4 is 5.97 Å². The van der Waals surface area contributed by atoms with Crippen molar-refractivity contribution < 1.29 is 9.90 Å². The van der Waals surface area contributed by atoms with Crippen molar-refractivity contribution in [2.45, 2.75) is 103 Å². The molecule has 0 aromatic rings. The van der Waals surface area contributed by atoms with Crippen LogP contribution in [0, 0.1) is 23.7 Å². The van der Waals surface area contributed by atoms with Crippen LogP contribution in [0.2, 0.25) is 0 Å². The fourth-order valence-corrected chi connectivity index (χ4v) is 5.12. The van der Waals surface area contributed by atoms with Gasteiger partial charge in [-0.15, -0.1) is 0 Å². The topological polar surface area (TPSA) is 37.3 Å². The number of carbonyl (C=O) groups is 1. The molecule has 0 bridgehead atoms. The molecule has 0 saturated heterocycles. The first-order valence-corrected chi connectivity index (χ1v) is 10.4. The van der Waals surface area contributed by atoms with Crippen LogP contribution in [0.5, 0.6) is 0 Å². The van der Waals surface area contributed by atoms with E-state index in [2.05, 4.69) is 6.92 Å². The molecule has 0 aromatic carbocycles. The lowest BCUT2D eigenvalue weighted by atomic mass is 9.68. The highest BCUT2D eigenvalue weighted by atomic mass is 16.4. The fourth-order valence-electron chi connectivity index (χ4n) is 5.12. The molecule has 0 aliphatic heterocycles. The van der Waals surface area contributed by atoms with E-state index in [1.54, 1.807) is 0 Å². The summed E-state index contributed by atoms with van der Waals surface area (Å²) in [5.74, 6) is 3.22. The number of aliphatic carboxylic acids is 1. The van der Waals surface area contributed by atoms with E-state index in [0.717, 1.165) is 36.5 Å². The standard InChI is InChI=1S/C21H38O2/c1-2-3-4-6-17-9-13-19(14-10-17)20-15-11-18(12-16-20)7-5-8-21(22)23/h17-20H,2-16H2,1H3,(H,22,23). The minimum atomic E-state index is -0.630. The summed E-state index contributed by atoms with van der Waals surface area (Å²) in [6.07, 6.45) is 19.6. The second-order valence-electron chi connectivity index (χ2n) is 8.34. The first-order chi connectivity index (χ1) is 11.2. The van der Waals surface area contributed by atoms with Gasteiger partial charge in [-0.1, -0.05) is 58.3 Å². The molecular weight excluding hydrogens is 284 g/mol. The summed E-state index contributed by atoms with van der Waals surface area (Å²) in [7, 11) is 0. The van der Waals surface area contributed by atoms with Crippen molar-refractivity contribution in [1.82, 2.24) is 0 Å². The third-order valence-electron chi connectivity index (χ3n) is 6.67. The highest BCUT2D eigenvalue weighted by molar-refractivity contribution is 5.66. The lowest BCUT2D eigenvalue weighted by Gasteiger charge is -2.38. The minimum absolute atomic E-state index is 0.363. The van der Waals surface area contributed by atoms with Gasteiger partial charge in [0.05, 0.1) is 0 Å². The normalized spacial score (nSPS) is 31.9. The summed E-state index contributed by atoms with van der Waals surface area (Å²) in [5.41, 5.74) is 0. The molecule has 0 atom stereocenters. The van der Waals surface area contributed by atoms with Crippen LogP contribution in [0.1, 0.15) is 103 Å². The van der Waals surface area contributed by atoms with Crippen LogP contribution in [0.3, 0.4) is 0 Å². The Morgan fingerprint density at radius 3 is 1.70 bits per heavy atom. The van der Waals surface area contributed by atoms with Gasteiger partial charge in [-0.2, -0.15) is 0 Å². The van der Waals surface area contributed by atoms with E-state index >= 15 is 0 Å². The molecule has 2 fully saturated rings. The van der Waals surface area contributed by atoms with Gasteiger partial charge >= 0.3 is 5.97 Å². The number of unbranched alkanes of at least 4 members (excludes halogenated alkanes) is 2. The SMILES string of the molecule is CCCCCC1CCC(C2CCC(CCCC(=O)O)CC2)CC1. The molecule has 0 heterocycles. The fraction of sp³-hybridized carbons (Fsp3) is 0.952. The number of hydrogen-bond donors (Lipinski definition) is 1. The molecule has 134 valence electrons. The smallest absolute Gasteiger partial charge is 0.303 e. The zero-order chi connectivity index (χ0) is 16.5. The van der Waals surface area contributed by atoms with Crippen LogP contribution in [0.25, 0.3) is 0 Å². The Kier molecular flexibility index (Phi) is 8.47. The predicted octanol–water partition coefficient (Wildman–Crippen LogP) is 6.43. The molecular formula is C21H38O2. The van der Waals surface area contributed by atoms with Crippen molar-refractivity contribution in [3.63, 3.8) is 0 Å². The van der Waals surface area contributed by atoms with E-state index < -0.39 is 5.97 Å². The quantitative estimate of drug-likeness (QED) is 0.496. The Labute approximate surface area is 143 Å². The number of rotatable bonds is 9. The van der Waals surface area contributed by atoms with Gasteiger partial charge in [0.1, 0.15) is 0 Å². The zero-order valence-corrected chi connectivity index (χ0v) is 15.3. The average molecular weight is 323 g/mol. The zero-order valence-electron chi connectivity index (χ0n) is 15.3. The van der Waals surface area contributed by atoms with E-state index in [1.807, 2.05) is 0 Å². The molecule has 1 N–H and O–H groups in total. The first-order valence-electron chi connectivity index (χ1n) is 10.4. The maximum absolute atomic E-state index is 10.6. The van der Waals surface area contributed by atoms with Gasteiger partial charge in [-0.3, -0.25) is 4.79 Å². The van der Waals surface area contributed by atoms with Gasteiger partial charge in [-0.25, -0.2) is 0 Å². The second kappa shape index (κ2) is 10.4. The summed E-state index contributed by atoms with van der Waals surface area (Å²) in [6, 6.07) is 0.